The topological polar surface area (TPSA) is 26.3 Å². The number of esters is 1. The van der Waals surface area contributed by atoms with Gasteiger partial charge in [-0.3, -0.25) is 0 Å². The van der Waals surface area contributed by atoms with Crippen LogP contribution < -0.4 is 0 Å². The van der Waals surface area contributed by atoms with Gasteiger partial charge < -0.3 is 4.74 Å². The van der Waals surface area contributed by atoms with Gasteiger partial charge in [-0.15, -0.1) is 0 Å². The van der Waals surface area contributed by atoms with Crippen molar-refractivity contribution in [3.8, 4) is 0 Å². The number of hydrogen-bond acceptors (Lipinski definition) is 2. The molecule has 1 atom stereocenters. The van der Waals surface area contributed by atoms with Crippen molar-refractivity contribution < 1.29 is 9.53 Å². The Morgan fingerprint density at radius 2 is 1.71 bits per heavy atom. The summed E-state index contributed by atoms with van der Waals surface area (Å²) in [5.74, 6) is 0.317. The molecule has 0 aromatic carbocycles. The van der Waals surface area contributed by atoms with E-state index in [1.807, 2.05) is 13.8 Å². The van der Waals surface area contributed by atoms with Crippen molar-refractivity contribution in [1.29, 1.82) is 0 Å². The maximum Gasteiger partial charge on any atom is 0.330 e. The van der Waals surface area contributed by atoms with Crippen LogP contribution in [0.4, 0.5) is 0 Å². The van der Waals surface area contributed by atoms with Crippen LogP contribution in [0.15, 0.2) is 34.9 Å². The zero-order valence-electron chi connectivity index (χ0n) is 14.7. The second-order valence-electron chi connectivity index (χ2n) is 5.64. The second-order valence-corrected chi connectivity index (χ2v) is 5.64. The van der Waals surface area contributed by atoms with Crippen molar-refractivity contribution in [3.05, 3.63) is 34.9 Å². The highest BCUT2D eigenvalue weighted by Gasteiger charge is 2.07. The minimum absolute atomic E-state index is 0.226. The highest BCUT2D eigenvalue weighted by Crippen LogP contribution is 2.22. The fourth-order valence-electron chi connectivity index (χ4n) is 2.08. The Labute approximate surface area is 131 Å². The molecule has 2 nitrogen and oxygen atoms in total. The van der Waals surface area contributed by atoms with Gasteiger partial charge in [-0.1, -0.05) is 49.6 Å². The summed E-state index contributed by atoms with van der Waals surface area (Å²) in [6.45, 7) is 13.1. The third-order valence-electron chi connectivity index (χ3n) is 3.80. The third-order valence-corrected chi connectivity index (χ3v) is 3.80. The third kappa shape index (κ3) is 9.28. The minimum Gasteiger partial charge on any atom is -0.463 e. The zero-order valence-corrected chi connectivity index (χ0v) is 14.7. The highest BCUT2D eigenvalue weighted by molar-refractivity contribution is 5.82. The van der Waals surface area contributed by atoms with Crippen molar-refractivity contribution in [1.82, 2.24) is 0 Å². The molecule has 21 heavy (non-hydrogen) atoms. The molecule has 0 aliphatic carbocycles. The van der Waals surface area contributed by atoms with E-state index in [2.05, 4.69) is 39.8 Å². The van der Waals surface area contributed by atoms with Crippen molar-refractivity contribution in [2.45, 2.75) is 67.2 Å². The Hall–Kier alpha value is -1.31. The summed E-state index contributed by atoms with van der Waals surface area (Å²) in [5, 5.41) is 0. The molecule has 0 saturated heterocycles. The Morgan fingerprint density at radius 1 is 1.05 bits per heavy atom. The standard InChI is InChI=1S/C19H32O2/c1-7-15(4)11-13-18(8-2)17(6)12-10-16(5)14-19(20)21-9-3/h11,13-14,17H,7-10,12H2,1-6H3/b15-11+,16-14-,18-13+. The fraction of sp³-hybridized carbons (Fsp3) is 0.632. The Morgan fingerprint density at radius 3 is 2.24 bits per heavy atom. The van der Waals surface area contributed by atoms with Gasteiger partial charge in [-0.2, -0.15) is 0 Å². The lowest BCUT2D eigenvalue weighted by Crippen LogP contribution is -2.02. The maximum absolute atomic E-state index is 11.4. The van der Waals surface area contributed by atoms with Gasteiger partial charge >= 0.3 is 5.97 Å². The van der Waals surface area contributed by atoms with Crippen LogP contribution in [0.3, 0.4) is 0 Å². The molecular formula is C19H32O2. The molecule has 0 fully saturated rings. The predicted octanol–water partition coefficient (Wildman–Crippen LogP) is 5.60. The second kappa shape index (κ2) is 11.4. The molecule has 0 spiro atoms. The largest absolute Gasteiger partial charge is 0.463 e. The molecule has 1 unspecified atom stereocenters. The van der Waals surface area contributed by atoms with Crippen LogP contribution in [0.1, 0.15) is 67.2 Å². The summed E-state index contributed by atoms with van der Waals surface area (Å²) < 4.78 is 4.93. The van der Waals surface area contributed by atoms with Gasteiger partial charge in [0.2, 0.25) is 0 Å². The van der Waals surface area contributed by atoms with Crippen molar-refractivity contribution in [3.63, 3.8) is 0 Å². The lowest BCUT2D eigenvalue weighted by atomic mass is 9.91. The van der Waals surface area contributed by atoms with E-state index in [1.54, 1.807) is 6.08 Å². The number of carbonyl (C=O) groups is 1. The van der Waals surface area contributed by atoms with Gasteiger partial charge in [0.25, 0.3) is 0 Å². The fourth-order valence-corrected chi connectivity index (χ4v) is 2.08. The van der Waals surface area contributed by atoms with E-state index in [0.29, 0.717) is 12.5 Å². The number of carbonyl (C=O) groups excluding carboxylic acids is 1. The SMILES string of the molecule is CCOC(=O)/C=C(/C)CCC(C)/C(=C/C=C(\C)CC)CC. The molecule has 0 amide bonds. The highest BCUT2D eigenvalue weighted by atomic mass is 16.5. The van der Waals surface area contributed by atoms with Crippen LogP contribution in [0.5, 0.6) is 0 Å². The Bertz CT molecular complexity index is 400. The van der Waals surface area contributed by atoms with Crippen LogP contribution in [0.25, 0.3) is 0 Å². The first kappa shape index (κ1) is 19.7. The molecule has 0 aliphatic rings. The van der Waals surface area contributed by atoms with Gasteiger partial charge in [-0.05, 0) is 52.4 Å². The van der Waals surface area contributed by atoms with Gasteiger partial charge in [0, 0.05) is 6.08 Å². The Kier molecular flexibility index (Phi) is 10.7. The molecule has 0 aliphatic heterocycles. The molecule has 0 aromatic heterocycles. The number of ether oxygens (including phenoxy) is 1. The first-order valence-electron chi connectivity index (χ1n) is 8.14. The molecule has 0 aromatic rings. The van der Waals surface area contributed by atoms with Crippen LogP contribution in [-0.2, 0) is 9.53 Å². The smallest absolute Gasteiger partial charge is 0.330 e. The van der Waals surface area contributed by atoms with Crippen LogP contribution in [0.2, 0.25) is 0 Å². The quantitative estimate of drug-likeness (QED) is 0.314. The van der Waals surface area contributed by atoms with Gasteiger partial charge in [0.1, 0.15) is 0 Å². The van der Waals surface area contributed by atoms with Gasteiger partial charge in [-0.25, -0.2) is 4.79 Å². The Balaban J connectivity index is 4.52. The lowest BCUT2D eigenvalue weighted by molar-refractivity contribution is -0.137. The van der Waals surface area contributed by atoms with E-state index >= 15 is 0 Å². The summed E-state index contributed by atoms with van der Waals surface area (Å²) >= 11 is 0. The monoisotopic (exact) mass is 292 g/mol. The first-order chi connectivity index (χ1) is 9.94. The van der Waals surface area contributed by atoms with E-state index < -0.39 is 0 Å². The molecule has 0 rings (SSSR count). The van der Waals surface area contributed by atoms with E-state index in [4.69, 9.17) is 4.74 Å². The first-order valence-corrected chi connectivity index (χ1v) is 8.14. The molecule has 0 heterocycles. The van der Waals surface area contributed by atoms with E-state index in [1.165, 1.54) is 11.1 Å². The number of hydrogen-bond donors (Lipinski definition) is 0. The molecule has 0 bridgehead atoms. The summed E-state index contributed by atoms with van der Waals surface area (Å²) in [4.78, 5) is 11.4. The molecule has 0 saturated carbocycles. The molecule has 120 valence electrons. The molecule has 0 N–H and O–H groups in total. The molecule has 0 radical (unpaired) electrons. The average Bonchev–Trinajstić information content (AvgIpc) is 2.45. The van der Waals surface area contributed by atoms with Crippen molar-refractivity contribution in [2.24, 2.45) is 5.92 Å². The van der Waals surface area contributed by atoms with Gasteiger partial charge in [0.15, 0.2) is 0 Å². The average molecular weight is 292 g/mol. The minimum atomic E-state index is -0.226. The summed E-state index contributed by atoms with van der Waals surface area (Å²) in [6, 6.07) is 0. The van der Waals surface area contributed by atoms with Crippen LogP contribution in [-0.4, -0.2) is 12.6 Å². The normalized spacial score (nSPS) is 15.0. The van der Waals surface area contributed by atoms with Crippen LogP contribution in [0, 0.1) is 5.92 Å². The van der Waals surface area contributed by atoms with E-state index in [-0.39, 0.29) is 5.97 Å². The van der Waals surface area contributed by atoms with E-state index in [9.17, 15) is 4.79 Å². The summed E-state index contributed by atoms with van der Waals surface area (Å²) in [5.41, 5.74) is 3.98. The van der Waals surface area contributed by atoms with Crippen molar-refractivity contribution in [2.75, 3.05) is 6.61 Å². The number of rotatable bonds is 9. The molecular weight excluding hydrogens is 260 g/mol. The van der Waals surface area contributed by atoms with Crippen molar-refractivity contribution >= 4 is 5.97 Å². The van der Waals surface area contributed by atoms with E-state index in [0.717, 1.165) is 31.3 Å². The molecule has 2 heteroatoms. The summed E-state index contributed by atoms with van der Waals surface area (Å²) in [7, 11) is 0. The summed E-state index contributed by atoms with van der Waals surface area (Å²) in [6.07, 6.45) is 10.3. The lowest BCUT2D eigenvalue weighted by Gasteiger charge is -2.14. The van der Waals surface area contributed by atoms with Crippen LogP contribution >= 0.6 is 0 Å². The number of allylic oxidation sites excluding steroid dienone is 5. The predicted molar refractivity (Wildman–Crippen MR) is 91.2 cm³/mol. The zero-order chi connectivity index (χ0) is 16.3. The van der Waals surface area contributed by atoms with Gasteiger partial charge in [0.05, 0.1) is 6.61 Å². The maximum atomic E-state index is 11.4.